The summed E-state index contributed by atoms with van der Waals surface area (Å²) in [6, 6.07) is 15.7. The van der Waals surface area contributed by atoms with Crippen molar-refractivity contribution in [3.05, 3.63) is 72.3 Å². The number of benzene rings is 2. The number of para-hydroxylation sites is 1. The molecule has 0 unspecified atom stereocenters. The fraction of sp³-hybridized carbons (Fsp3) is 0.344. The van der Waals surface area contributed by atoms with Gasteiger partial charge < -0.3 is 20.7 Å². The molecule has 2 aromatic carbocycles. The summed E-state index contributed by atoms with van der Waals surface area (Å²) in [5, 5.41) is 18.4. The van der Waals surface area contributed by atoms with E-state index in [1.807, 2.05) is 45.9 Å². The average molecular weight is 583 g/mol. The Morgan fingerprint density at radius 1 is 1.23 bits per heavy atom. The summed E-state index contributed by atoms with van der Waals surface area (Å²) in [5.41, 5.74) is 6.75. The van der Waals surface area contributed by atoms with Crippen molar-refractivity contribution in [2.24, 2.45) is 0 Å². The van der Waals surface area contributed by atoms with Gasteiger partial charge in [0.05, 0.1) is 18.0 Å². The van der Waals surface area contributed by atoms with Crippen LogP contribution in [0.1, 0.15) is 40.5 Å². The van der Waals surface area contributed by atoms with E-state index in [-0.39, 0.29) is 34.9 Å². The number of halogens is 1. The van der Waals surface area contributed by atoms with Gasteiger partial charge >= 0.3 is 0 Å². The fourth-order valence-electron chi connectivity index (χ4n) is 5.66. The van der Waals surface area contributed by atoms with Crippen molar-refractivity contribution in [3.63, 3.8) is 0 Å². The van der Waals surface area contributed by atoms with Gasteiger partial charge in [0, 0.05) is 29.8 Å². The number of hydrogen-bond donors (Lipinski definition) is 2. The normalized spacial score (nSPS) is 15.7. The standard InChI is InChI=1S/C32H35FN8O2/c1-20(2)38-32(3,4)16-21(17-34)31(42)40-14-8-9-22(40)18-41-30-27(29(35)36-19-37-30)28(39-41)25-13-12-24(15-26(25)33)43-23-10-6-5-7-11-23/h5-7,10-13,15-16,19-20,22,38H,8-9,14,18H2,1-4H3,(H2,35,36,37)/t22-/m0/s1. The van der Waals surface area contributed by atoms with Crippen molar-refractivity contribution in [3.8, 4) is 28.8 Å². The maximum Gasteiger partial charge on any atom is 0.264 e. The number of carbonyl (C=O) groups is 1. The van der Waals surface area contributed by atoms with Crippen LogP contribution >= 0.6 is 0 Å². The molecule has 43 heavy (non-hydrogen) atoms. The van der Waals surface area contributed by atoms with Crippen LogP contribution in [0.25, 0.3) is 22.3 Å². The lowest BCUT2D eigenvalue weighted by atomic mass is 9.99. The Morgan fingerprint density at radius 3 is 2.70 bits per heavy atom. The first-order chi connectivity index (χ1) is 20.6. The van der Waals surface area contributed by atoms with Gasteiger partial charge in [-0.15, -0.1) is 0 Å². The highest BCUT2D eigenvalue weighted by Gasteiger charge is 2.33. The first-order valence-electron chi connectivity index (χ1n) is 14.3. The minimum atomic E-state index is -0.544. The van der Waals surface area contributed by atoms with Crippen molar-refractivity contribution in [1.82, 2.24) is 30.0 Å². The highest BCUT2D eigenvalue weighted by Crippen LogP contribution is 2.35. The van der Waals surface area contributed by atoms with E-state index in [0.717, 1.165) is 12.8 Å². The third-order valence-corrected chi connectivity index (χ3v) is 7.27. The predicted octanol–water partition coefficient (Wildman–Crippen LogP) is 5.22. The SMILES string of the molecule is CC(C)NC(C)(C)C=C(C#N)C(=O)N1CCC[C@H]1Cn1nc(-c2ccc(Oc3ccccc3)cc2F)c2c(N)ncnc21. The predicted molar refractivity (Wildman–Crippen MR) is 162 cm³/mol. The molecule has 1 fully saturated rings. The molecule has 5 rings (SSSR count). The Labute approximate surface area is 250 Å². The molecule has 3 N–H and O–H groups in total. The Bertz CT molecular complexity index is 1710. The summed E-state index contributed by atoms with van der Waals surface area (Å²) in [6.45, 7) is 8.69. The van der Waals surface area contributed by atoms with E-state index in [1.54, 1.807) is 39.9 Å². The molecule has 1 aliphatic heterocycles. The highest BCUT2D eigenvalue weighted by atomic mass is 19.1. The van der Waals surface area contributed by atoms with Crippen LogP contribution in [0.3, 0.4) is 0 Å². The lowest BCUT2D eigenvalue weighted by molar-refractivity contribution is -0.127. The summed E-state index contributed by atoms with van der Waals surface area (Å²) >= 11 is 0. The largest absolute Gasteiger partial charge is 0.457 e. The van der Waals surface area contributed by atoms with Crippen molar-refractivity contribution < 1.29 is 13.9 Å². The van der Waals surface area contributed by atoms with Gasteiger partial charge in [-0.2, -0.15) is 10.4 Å². The second-order valence-electron chi connectivity index (χ2n) is 11.5. The number of fused-ring (bicyclic) bond motifs is 1. The topological polar surface area (TPSA) is 135 Å². The number of amides is 1. The number of carbonyl (C=O) groups excluding carboxylic acids is 1. The molecule has 4 aromatic rings. The summed E-state index contributed by atoms with van der Waals surface area (Å²) in [4.78, 5) is 23.8. The van der Waals surface area contributed by atoms with Gasteiger partial charge in [0.2, 0.25) is 0 Å². The summed E-state index contributed by atoms with van der Waals surface area (Å²) in [5.74, 6) is 0.238. The van der Waals surface area contributed by atoms with Crippen LogP contribution in [-0.4, -0.2) is 54.7 Å². The van der Waals surface area contributed by atoms with Crippen LogP contribution in [0.2, 0.25) is 0 Å². The molecule has 222 valence electrons. The second kappa shape index (κ2) is 12.2. The second-order valence-corrected chi connectivity index (χ2v) is 11.5. The van der Waals surface area contributed by atoms with E-state index in [4.69, 9.17) is 15.6 Å². The van der Waals surface area contributed by atoms with E-state index < -0.39 is 11.4 Å². The minimum Gasteiger partial charge on any atom is -0.457 e. The number of aromatic nitrogens is 4. The van der Waals surface area contributed by atoms with Crippen LogP contribution in [0.4, 0.5) is 10.2 Å². The van der Waals surface area contributed by atoms with E-state index in [9.17, 15) is 10.1 Å². The number of nitrogens with zero attached hydrogens (tertiary/aromatic N) is 6. The quantitative estimate of drug-likeness (QED) is 0.203. The molecule has 2 aromatic heterocycles. The highest BCUT2D eigenvalue weighted by molar-refractivity contribution is 5.99. The van der Waals surface area contributed by atoms with E-state index >= 15 is 4.39 Å². The number of nitrogens with one attached hydrogen (secondary N) is 1. The number of rotatable bonds is 9. The first kappa shape index (κ1) is 29.7. The monoisotopic (exact) mass is 582 g/mol. The van der Waals surface area contributed by atoms with Gasteiger partial charge in [-0.25, -0.2) is 19.0 Å². The molecule has 10 nitrogen and oxygen atoms in total. The number of ether oxygens (including phenoxy) is 1. The number of nitriles is 1. The Hall–Kier alpha value is -4.82. The average Bonchev–Trinajstić information content (AvgIpc) is 3.57. The zero-order valence-corrected chi connectivity index (χ0v) is 24.7. The van der Waals surface area contributed by atoms with Crippen LogP contribution in [0.15, 0.2) is 66.5 Å². The maximum absolute atomic E-state index is 15.5. The van der Waals surface area contributed by atoms with Crippen LogP contribution in [0.5, 0.6) is 11.5 Å². The third-order valence-electron chi connectivity index (χ3n) is 7.27. The number of likely N-dealkylation sites (tertiary alicyclic amines) is 1. The Kier molecular flexibility index (Phi) is 8.41. The molecule has 0 spiro atoms. The van der Waals surface area contributed by atoms with Gasteiger partial charge in [0.1, 0.15) is 46.8 Å². The molecule has 0 bridgehead atoms. The molecule has 11 heteroatoms. The number of anilines is 1. The van der Waals surface area contributed by atoms with Crippen LogP contribution in [-0.2, 0) is 11.3 Å². The zero-order chi connectivity index (χ0) is 30.7. The fourth-order valence-corrected chi connectivity index (χ4v) is 5.66. The van der Waals surface area contributed by atoms with Crippen molar-refractivity contribution in [2.75, 3.05) is 12.3 Å². The molecule has 1 aliphatic rings. The Balaban J connectivity index is 1.45. The summed E-state index contributed by atoms with van der Waals surface area (Å²) < 4.78 is 22.9. The van der Waals surface area contributed by atoms with E-state index in [2.05, 4.69) is 21.4 Å². The van der Waals surface area contributed by atoms with Crippen LogP contribution < -0.4 is 15.8 Å². The Morgan fingerprint density at radius 2 is 2.00 bits per heavy atom. The molecule has 0 radical (unpaired) electrons. The van der Waals surface area contributed by atoms with Crippen molar-refractivity contribution in [1.29, 1.82) is 5.26 Å². The van der Waals surface area contributed by atoms with Crippen LogP contribution in [0, 0.1) is 17.1 Å². The maximum atomic E-state index is 15.5. The molecule has 3 heterocycles. The molecule has 1 amide bonds. The van der Waals surface area contributed by atoms with Gasteiger partial charge in [0.15, 0.2) is 5.65 Å². The molecule has 1 atom stereocenters. The van der Waals surface area contributed by atoms with E-state index in [0.29, 0.717) is 41.3 Å². The smallest absolute Gasteiger partial charge is 0.264 e. The molecule has 0 saturated carbocycles. The number of hydrogen-bond acceptors (Lipinski definition) is 8. The molecular formula is C32H35FN8O2. The number of nitrogens with two attached hydrogens (primary N) is 1. The van der Waals surface area contributed by atoms with Gasteiger partial charge in [-0.05, 0) is 57.0 Å². The summed E-state index contributed by atoms with van der Waals surface area (Å²) in [6.07, 6.45) is 4.53. The van der Waals surface area contributed by atoms with E-state index in [1.165, 1.54) is 12.4 Å². The third kappa shape index (κ3) is 6.49. The van der Waals surface area contributed by atoms with Gasteiger partial charge in [-0.3, -0.25) is 4.79 Å². The zero-order valence-electron chi connectivity index (χ0n) is 24.7. The molecule has 1 saturated heterocycles. The van der Waals surface area contributed by atoms with Crippen molar-refractivity contribution in [2.45, 2.75) is 64.7 Å². The first-order valence-corrected chi connectivity index (χ1v) is 14.3. The lowest BCUT2D eigenvalue weighted by Crippen LogP contribution is -2.44. The molecular weight excluding hydrogens is 547 g/mol. The number of nitrogen functional groups attached to an aromatic ring is 1. The lowest BCUT2D eigenvalue weighted by Gasteiger charge is -2.28. The summed E-state index contributed by atoms with van der Waals surface area (Å²) in [7, 11) is 0. The molecule has 0 aliphatic carbocycles. The van der Waals surface area contributed by atoms with Gasteiger partial charge in [0.25, 0.3) is 5.91 Å². The minimum absolute atomic E-state index is 0.0857. The van der Waals surface area contributed by atoms with Gasteiger partial charge in [-0.1, -0.05) is 32.0 Å². The van der Waals surface area contributed by atoms with Crippen molar-refractivity contribution >= 4 is 22.8 Å².